The SMILES string of the molecule is COc1cc(OC)cc(C(NC(=O)Nc2ccccc2)c2nccn2C)c1. The van der Waals surface area contributed by atoms with E-state index in [2.05, 4.69) is 15.6 Å². The number of urea groups is 1. The van der Waals surface area contributed by atoms with Crippen molar-refractivity contribution in [1.82, 2.24) is 14.9 Å². The molecule has 0 saturated heterocycles. The Hall–Kier alpha value is -3.48. The number of anilines is 1. The molecule has 0 radical (unpaired) electrons. The molecule has 27 heavy (non-hydrogen) atoms. The number of nitrogens with one attached hydrogen (secondary N) is 2. The van der Waals surface area contributed by atoms with E-state index >= 15 is 0 Å². The molecule has 1 unspecified atom stereocenters. The zero-order chi connectivity index (χ0) is 19.2. The zero-order valence-electron chi connectivity index (χ0n) is 15.5. The number of aryl methyl sites for hydroxylation is 1. The lowest BCUT2D eigenvalue weighted by molar-refractivity contribution is 0.249. The molecule has 0 aliphatic rings. The van der Waals surface area contributed by atoms with Crippen molar-refractivity contribution in [3.63, 3.8) is 0 Å². The second kappa shape index (κ2) is 8.27. The van der Waals surface area contributed by atoms with Crippen molar-refractivity contribution >= 4 is 11.7 Å². The van der Waals surface area contributed by atoms with Gasteiger partial charge in [0.2, 0.25) is 0 Å². The molecule has 140 valence electrons. The highest BCUT2D eigenvalue weighted by Crippen LogP contribution is 2.29. The summed E-state index contributed by atoms with van der Waals surface area (Å²) in [6.07, 6.45) is 3.52. The van der Waals surface area contributed by atoms with Crippen LogP contribution in [0.15, 0.2) is 60.9 Å². The summed E-state index contributed by atoms with van der Waals surface area (Å²) in [5, 5.41) is 5.81. The molecular weight excluding hydrogens is 344 g/mol. The van der Waals surface area contributed by atoms with Gasteiger partial charge in [0.25, 0.3) is 0 Å². The van der Waals surface area contributed by atoms with E-state index in [1.54, 1.807) is 26.5 Å². The smallest absolute Gasteiger partial charge is 0.320 e. The number of para-hydroxylation sites is 1. The van der Waals surface area contributed by atoms with Crippen LogP contribution in [0.25, 0.3) is 0 Å². The second-order valence-corrected chi connectivity index (χ2v) is 5.94. The molecule has 7 heteroatoms. The molecular formula is C20H22N4O3. The van der Waals surface area contributed by atoms with Crippen molar-refractivity contribution in [1.29, 1.82) is 0 Å². The van der Waals surface area contributed by atoms with Gasteiger partial charge >= 0.3 is 6.03 Å². The van der Waals surface area contributed by atoms with Gasteiger partial charge < -0.3 is 24.7 Å². The summed E-state index contributed by atoms with van der Waals surface area (Å²) in [7, 11) is 5.05. The van der Waals surface area contributed by atoms with Gasteiger partial charge in [0.05, 0.1) is 14.2 Å². The standard InChI is InChI=1S/C20H22N4O3/c1-24-10-9-21-19(24)18(14-11-16(26-2)13-17(12-14)27-3)23-20(25)22-15-7-5-4-6-8-15/h4-13,18H,1-3H3,(H2,22,23,25). The number of carbonyl (C=O) groups excluding carboxylic acids is 1. The van der Waals surface area contributed by atoms with E-state index in [4.69, 9.17) is 9.47 Å². The van der Waals surface area contributed by atoms with Crippen molar-refractivity contribution in [2.24, 2.45) is 7.05 Å². The largest absolute Gasteiger partial charge is 0.497 e. The number of ether oxygens (including phenoxy) is 2. The molecule has 2 N–H and O–H groups in total. The number of methoxy groups -OCH3 is 2. The molecule has 0 saturated carbocycles. The van der Waals surface area contributed by atoms with E-state index in [0.29, 0.717) is 23.0 Å². The summed E-state index contributed by atoms with van der Waals surface area (Å²) in [5.74, 6) is 1.95. The quantitative estimate of drug-likeness (QED) is 0.701. The Morgan fingerprint density at radius 3 is 2.30 bits per heavy atom. The van der Waals surface area contributed by atoms with Crippen molar-refractivity contribution in [2.45, 2.75) is 6.04 Å². The lowest BCUT2D eigenvalue weighted by Crippen LogP contribution is -2.34. The van der Waals surface area contributed by atoms with Crippen LogP contribution < -0.4 is 20.1 Å². The highest BCUT2D eigenvalue weighted by Gasteiger charge is 2.22. The first-order valence-corrected chi connectivity index (χ1v) is 8.43. The third kappa shape index (κ3) is 4.38. The highest BCUT2D eigenvalue weighted by molar-refractivity contribution is 5.89. The fraction of sp³-hybridized carbons (Fsp3) is 0.200. The van der Waals surface area contributed by atoms with Gasteiger partial charge in [-0.3, -0.25) is 0 Å². The Labute approximate surface area is 157 Å². The lowest BCUT2D eigenvalue weighted by atomic mass is 10.1. The summed E-state index contributed by atoms with van der Waals surface area (Å²) >= 11 is 0. The van der Waals surface area contributed by atoms with E-state index in [-0.39, 0.29) is 6.03 Å². The second-order valence-electron chi connectivity index (χ2n) is 5.94. The van der Waals surface area contributed by atoms with Gasteiger partial charge in [0, 0.05) is 31.2 Å². The molecule has 3 rings (SSSR count). The predicted molar refractivity (Wildman–Crippen MR) is 103 cm³/mol. The van der Waals surface area contributed by atoms with Gasteiger partial charge in [-0.2, -0.15) is 0 Å². The van der Waals surface area contributed by atoms with Crippen LogP contribution in [0.2, 0.25) is 0 Å². The molecule has 7 nitrogen and oxygen atoms in total. The molecule has 0 aliphatic carbocycles. The predicted octanol–water partition coefficient (Wildman–Crippen LogP) is 3.35. The molecule has 0 fully saturated rings. The first-order chi connectivity index (χ1) is 13.1. The van der Waals surface area contributed by atoms with Crippen molar-refractivity contribution in [3.05, 3.63) is 72.3 Å². The number of hydrogen-bond donors (Lipinski definition) is 2. The Bertz CT molecular complexity index is 886. The van der Waals surface area contributed by atoms with Crippen LogP contribution in [0.4, 0.5) is 10.5 Å². The number of amides is 2. The third-order valence-electron chi connectivity index (χ3n) is 4.13. The van der Waals surface area contributed by atoms with Gasteiger partial charge in [0.15, 0.2) is 0 Å². The van der Waals surface area contributed by atoms with Crippen LogP contribution in [0.5, 0.6) is 11.5 Å². The van der Waals surface area contributed by atoms with E-state index in [0.717, 1.165) is 5.56 Å². The summed E-state index contributed by atoms with van der Waals surface area (Å²) in [5.41, 5.74) is 1.50. The normalized spacial score (nSPS) is 11.5. The minimum absolute atomic E-state index is 0.337. The average Bonchev–Trinajstić information content (AvgIpc) is 3.12. The summed E-state index contributed by atoms with van der Waals surface area (Å²) < 4.78 is 12.6. The highest BCUT2D eigenvalue weighted by atomic mass is 16.5. The molecule has 1 atom stereocenters. The van der Waals surface area contributed by atoms with Gasteiger partial charge in [-0.25, -0.2) is 9.78 Å². The van der Waals surface area contributed by atoms with E-state index in [9.17, 15) is 4.79 Å². The summed E-state index contributed by atoms with van der Waals surface area (Å²) in [6.45, 7) is 0. The molecule has 1 heterocycles. The van der Waals surface area contributed by atoms with E-state index < -0.39 is 6.04 Å². The Kier molecular flexibility index (Phi) is 5.61. The number of hydrogen-bond acceptors (Lipinski definition) is 4. The van der Waals surface area contributed by atoms with E-state index in [1.807, 2.05) is 60.3 Å². The maximum absolute atomic E-state index is 12.6. The van der Waals surface area contributed by atoms with E-state index in [1.165, 1.54) is 0 Å². The van der Waals surface area contributed by atoms with Gasteiger partial charge in [-0.1, -0.05) is 18.2 Å². The van der Waals surface area contributed by atoms with Crippen molar-refractivity contribution in [3.8, 4) is 11.5 Å². The first-order valence-electron chi connectivity index (χ1n) is 8.43. The van der Waals surface area contributed by atoms with Crippen LogP contribution in [-0.2, 0) is 7.05 Å². The van der Waals surface area contributed by atoms with Crippen molar-refractivity contribution in [2.75, 3.05) is 19.5 Å². The zero-order valence-corrected chi connectivity index (χ0v) is 15.5. The number of imidazole rings is 1. The van der Waals surface area contributed by atoms with Gasteiger partial charge in [-0.05, 0) is 29.8 Å². The minimum Gasteiger partial charge on any atom is -0.497 e. The minimum atomic E-state index is -0.488. The molecule has 0 bridgehead atoms. The Morgan fingerprint density at radius 1 is 1.07 bits per heavy atom. The van der Waals surface area contributed by atoms with Gasteiger partial charge in [0.1, 0.15) is 23.4 Å². The van der Waals surface area contributed by atoms with Crippen LogP contribution in [-0.4, -0.2) is 29.8 Å². The van der Waals surface area contributed by atoms with Gasteiger partial charge in [-0.15, -0.1) is 0 Å². The molecule has 0 aliphatic heterocycles. The maximum atomic E-state index is 12.6. The molecule has 0 spiro atoms. The Morgan fingerprint density at radius 2 is 1.74 bits per heavy atom. The molecule has 1 aromatic heterocycles. The van der Waals surface area contributed by atoms with Crippen molar-refractivity contribution < 1.29 is 14.3 Å². The number of rotatable bonds is 6. The maximum Gasteiger partial charge on any atom is 0.320 e. The van der Waals surface area contributed by atoms with Crippen LogP contribution in [0.3, 0.4) is 0 Å². The number of carbonyl (C=O) groups is 1. The summed E-state index contributed by atoms with van der Waals surface area (Å²) in [6, 6.07) is 13.9. The third-order valence-corrected chi connectivity index (χ3v) is 4.13. The van der Waals surface area contributed by atoms with Crippen LogP contribution in [0.1, 0.15) is 17.4 Å². The van der Waals surface area contributed by atoms with Crippen LogP contribution >= 0.6 is 0 Å². The molecule has 3 aromatic rings. The molecule has 2 amide bonds. The fourth-order valence-electron chi connectivity index (χ4n) is 2.77. The fourth-order valence-corrected chi connectivity index (χ4v) is 2.77. The van der Waals surface area contributed by atoms with Crippen LogP contribution in [0, 0.1) is 0 Å². The number of aromatic nitrogens is 2. The topological polar surface area (TPSA) is 77.4 Å². The average molecular weight is 366 g/mol. The summed E-state index contributed by atoms with van der Waals surface area (Å²) in [4.78, 5) is 17.0. The monoisotopic (exact) mass is 366 g/mol. The number of benzene rings is 2. The lowest BCUT2D eigenvalue weighted by Gasteiger charge is -2.21. The Balaban J connectivity index is 1.93. The first kappa shape index (κ1) is 18.3. The number of nitrogens with zero attached hydrogens (tertiary/aromatic N) is 2. The molecule has 2 aromatic carbocycles.